The number of carbonyl (C=O) groups excluding carboxylic acids is 1. The third-order valence-electron chi connectivity index (χ3n) is 6.26. The van der Waals surface area contributed by atoms with Crippen molar-refractivity contribution in [3.63, 3.8) is 0 Å². The summed E-state index contributed by atoms with van der Waals surface area (Å²) in [5, 5.41) is 0. The van der Waals surface area contributed by atoms with Crippen molar-refractivity contribution >= 4 is 5.97 Å². The molecule has 0 saturated heterocycles. The van der Waals surface area contributed by atoms with Crippen LogP contribution in [0.15, 0.2) is 18.2 Å². The Morgan fingerprint density at radius 1 is 1.04 bits per heavy atom. The molecule has 1 aliphatic heterocycles. The molecule has 0 radical (unpaired) electrons. The van der Waals surface area contributed by atoms with Crippen LogP contribution in [0.3, 0.4) is 0 Å². The molecule has 0 atom stereocenters. The largest absolute Gasteiger partial charge is 0.454 e. The van der Waals surface area contributed by atoms with E-state index >= 15 is 0 Å². The number of esters is 1. The predicted octanol–water partition coefficient (Wildman–Crippen LogP) is 3.93. The second kappa shape index (κ2) is 4.89. The van der Waals surface area contributed by atoms with E-state index in [9.17, 15) is 4.79 Å². The number of fused-ring (bicyclic) bond motifs is 1. The van der Waals surface area contributed by atoms with Crippen LogP contribution in [0.2, 0.25) is 0 Å². The van der Waals surface area contributed by atoms with Crippen LogP contribution in [-0.2, 0) is 4.79 Å². The molecule has 1 heterocycles. The van der Waals surface area contributed by atoms with E-state index in [-0.39, 0.29) is 18.2 Å². The molecule has 4 saturated carbocycles. The Hall–Kier alpha value is -1.71. The zero-order valence-electron chi connectivity index (χ0n) is 13.3. The van der Waals surface area contributed by atoms with Gasteiger partial charge in [0, 0.05) is 6.07 Å². The molecule has 4 fully saturated rings. The molecule has 0 spiro atoms. The summed E-state index contributed by atoms with van der Waals surface area (Å²) in [5.74, 6) is 4.42. The van der Waals surface area contributed by atoms with Gasteiger partial charge in [-0.2, -0.15) is 0 Å². The molecular weight excluding hydrogens is 292 g/mol. The quantitative estimate of drug-likeness (QED) is 0.626. The van der Waals surface area contributed by atoms with Crippen molar-refractivity contribution in [2.75, 3.05) is 6.79 Å². The lowest BCUT2D eigenvalue weighted by Crippen LogP contribution is -2.47. The molecule has 0 unspecified atom stereocenters. The standard InChI is InChI=1S/C19H22O4/c20-18(23-15-1-2-16-17(6-15)22-11-21-16)10-19-7-12-3-13(8-19)5-14(4-12)9-19/h1-2,6,12-14H,3-5,7-11H2. The number of rotatable bonds is 3. The van der Waals surface area contributed by atoms with Crippen molar-refractivity contribution < 1.29 is 19.0 Å². The van der Waals surface area contributed by atoms with Gasteiger partial charge in [0.05, 0.1) is 6.42 Å². The minimum absolute atomic E-state index is 0.0918. The van der Waals surface area contributed by atoms with Gasteiger partial charge in [0.15, 0.2) is 11.5 Å². The first kappa shape index (κ1) is 13.7. The van der Waals surface area contributed by atoms with E-state index in [2.05, 4.69) is 0 Å². The minimum atomic E-state index is -0.0918. The Morgan fingerprint density at radius 3 is 2.39 bits per heavy atom. The number of hydrogen-bond donors (Lipinski definition) is 0. The first-order valence-electron chi connectivity index (χ1n) is 8.78. The highest BCUT2D eigenvalue weighted by atomic mass is 16.7. The zero-order valence-corrected chi connectivity index (χ0v) is 13.3. The smallest absolute Gasteiger partial charge is 0.311 e. The summed E-state index contributed by atoms with van der Waals surface area (Å²) in [5.41, 5.74) is 0.224. The molecule has 4 bridgehead atoms. The van der Waals surface area contributed by atoms with Crippen molar-refractivity contribution in [2.24, 2.45) is 23.2 Å². The van der Waals surface area contributed by atoms with Crippen molar-refractivity contribution in [1.82, 2.24) is 0 Å². The Balaban J connectivity index is 1.28. The van der Waals surface area contributed by atoms with E-state index in [1.165, 1.54) is 38.5 Å². The normalized spacial score (nSPS) is 36.3. The maximum atomic E-state index is 12.5. The SMILES string of the molecule is O=C(CC12CC3CC(CC(C3)C1)C2)Oc1ccc2c(c1)OCO2. The Morgan fingerprint density at radius 2 is 1.70 bits per heavy atom. The van der Waals surface area contributed by atoms with Crippen LogP contribution in [0.5, 0.6) is 17.2 Å². The molecular formula is C19H22O4. The lowest BCUT2D eigenvalue weighted by molar-refractivity contribution is -0.142. The van der Waals surface area contributed by atoms with Crippen LogP contribution in [0, 0.1) is 23.2 Å². The summed E-state index contributed by atoms with van der Waals surface area (Å²) in [7, 11) is 0. The first-order valence-corrected chi connectivity index (χ1v) is 8.78. The second-order valence-electron chi connectivity index (χ2n) is 8.08. The summed E-state index contributed by atoms with van der Waals surface area (Å²) >= 11 is 0. The van der Waals surface area contributed by atoms with Crippen molar-refractivity contribution in [1.29, 1.82) is 0 Å². The van der Waals surface area contributed by atoms with Crippen LogP contribution in [-0.4, -0.2) is 12.8 Å². The third-order valence-corrected chi connectivity index (χ3v) is 6.26. The fourth-order valence-corrected chi connectivity index (χ4v) is 5.92. The van der Waals surface area contributed by atoms with Gasteiger partial charge in [0.1, 0.15) is 5.75 Å². The van der Waals surface area contributed by atoms with Gasteiger partial charge in [-0.15, -0.1) is 0 Å². The fourth-order valence-electron chi connectivity index (χ4n) is 5.92. The average Bonchev–Trinajstić information content (AvgIpc) is 2.92. The number of ether oxygens (including phenoxy) is 3. The van der Waals surface area contributed by atoms with Crippen LogP contribution in [0.25, 0.3) is 0 Å². The summed E-state index contributed by atoms with van der Waals surface area (Å²) in [6, 6.07) is 5.33. The van der Waals surface area contributed by atoms with Gasteiger partial charge in [-0.25, -0.2) is 0 Å². The molecule has 0 N–H and O–H groups in total. The molecule has 4 nitrogen and oxygen atoms in total. The molecule has 0 aromatic heterocycles. The maximum Gasteiger partial charge on any atom is 0.311 e. The molecule has 6 rings (SSSR count). The van der Waals surface area contributed by atoms with Gasteiger partial charge in [-0.1, -0.05) is 0 Å². The lowest BCUT2D eigenvalue weighted by atomic mass is 9.49. The van der Waals surface area contributed by atoms with Gasteiger partial charge < -0.3 is 14.2 Å². The zero-order chi connectivity index (χ0) is 15.4. The van der Waals surface area contributed by atoms with Crippen molar-refractivity contribution in [2.45, 2.75) is 44.9 Å². The molecule has 5 aliphatic rings. The minimum Gasteiger partial charge on any atom is -0.454 e. The van der Waals surface area contributed by atoms with Crippen molar-refractivity contribution in [3.05, 3.63) is 18.2 Å². The van der Waals surface area contributed by atoms with Gasteiger partial charge in [-0.3, -0.25) is 4.79 Å². The highest BCUT2D eigenvalue weighted by Gasteiger charge is 2.51. The molecule has 4 heteroatoms. The molecule has 122 valence electrons. The van der Waals surface area contributed by atoms with E-state index in [1.807, 2.05) is 0 Å². The third kappa shape index (κ3) is 2.39. The van der Waals surface area contributed by atoms with Crippen molar-refractivity contribution in [3.8, 4) is 17.2 Å². The number of benzene rings is 1. The first-order chi connectivity index (χ1) is 11.2. The Labute approximate surface area is 136 Å². The van der Waals surface area contributed by atoms with E-state index < -0.39 is 0 Å². The Bertz CT molecular complexity index is 615. The molecule has 4 aliphatic carbocycles. The Kier molecular flexibility index (Phi) is 2.91. The number of carbonyl (C=O) groups is 1. The van der Waals surface area contributed by atoms with E-state index in [0.717, 1.165) is 17.8 Å². The highest BCUT2D eigenvalue weighted by Crippen LogP contribution is 2.61. The van der Waals surface area contributed by atoms with Gasteiger partial charge in [0.25, 0.3) is 0 Å². The molecule has 1 aromatic rings. The van der Waals surface area contributed by atoms with Gasteiger partial charge >= 0.3 is 5.97 Å². The van der Waals surface area contributed by atoms with E-state index in [4.69, 9.17) is 14.2 Å². The summed E-state index contributed by atoms with van der Waals surface area (Å²) < 4.78 is 16.2. The molecule has 0 amide bonds. The van der Waals surface area contributed by atoms with Gasteiger partial charge in [0.2, 0.25) is 6.79 Å². The van der Waals surface area contributed by atoms with Crippen LogP contribution >= 0.6 is 0 Å². The van der Waals surface area contributed by atoms with Crippen LogP contribution < -0.4 is 14.2 Å². The fraction of sp³-hybridized carbons (Fsp3) is 0.632. The van der Waals surface area contributed by atoms with Gasteiger partial charge in [-0.05, 0) is 73.8 Å². The molecule has 23 heavy (non-hydrogen) atoms. The number of hydrogen-bond acceptors (Lipinski definition) is 4. The average molecular weight is 314 g/mol. The highest BCUT2D eigenvalue weighted by molar-refractivity contribution is 5.73. The predicted molar refractivity (Wildman–Crippen MR) is 83.4 cm³/mol. The summed E-state index contributed by atoms with van der Waals surface area (Å²) in [6.07, 6.45) is 8.47. The summed E-state index contributed by atoms with van der Waals surface area (Å²) in [4.78, 5) is 12.5. The molecule has 1 aromatic carbocycles. The maximum absolute atomic E-state index is 12.5. The summed E-state index contributed by atoms with van der Waals surface area (Å²) in [6.45, 7) is 0.236. The van der Waals surface area contributed by atoms with E-state index in [0.29, 0.717) is 23.7 Å². The monoisotopic (exact) mass is 314 g/mol. The topological polar surface area (TPSA) is 44.8 Å². The van der Waals surface area contributed by atoms with Crippen LogP contribution in [0.4, 0.5) is 0 Å². The van der Waals surface area contributed by atoms with Crippen LogP contribution in [0.1, 0.15) is 44.9 Å². The second-order valence-corrected chi connectivity index (χ2v) is 8.08. The lowest BCUT2D eigenvalue weighted by Gasteiger charge is -2.56. The van der Waals surface area contributed by atoms with E-state index in [1.54, 1.807) is 18.2 Å².